The molecule has 4 rings (SSSR count). The van der Waals surface area contributed by atoms with Crippen LogP contribution in [0.4, 0.5) is 17.1 Å². The van der Waals surface area contributed by atoms with Gasteiger partial charge in [-0.15, -0.1) is 0 Å². The number of nitrogens with zero attached hydrogens (tertiary/aromatic N) is 1. The number of carboxylic acids is 1. The molecule has 40 heavy (non-hydrogen) atoms. The van der Waals surface area contributed by atoms with Crippen molar-refractivity contribution >= 4 is 64.0 Å². The molecular formula is C27H21Cl2N3O8. The molecule has 3 N–H and O–H groups in total. The third kappa shape index (κ3) is 5.37. The molecular weight excluding hydrogens is 565 g/mol. The summed E-state index contributed by atoms with van der Waals surface area (Å²) in [5.74, 6) is -2.64. The average molecular weight is 586 g/mol. The van der Waals surface area contributed by atoms with Crippen LogP contribution in [0.15, 0.2) is 65.3 Å². The van der Waals surface area contributed by atoms with Crippen LogP contribution in [-0.4, -0.2) is 50.1 Å². The van der Waals surface area contributed by atoms with Crippen molar-refractivity contribution in [2.45, 2.75) is 0 Å². The summed E-state index contributed by atoms with van der Waals surface area (Å²) < 4.78 is 15.6. The predicted molar refractivity (Wildman–Crippen MR) is 148 cm³/mol. The zero-order chi connectivity index (χ0) is 29.1. The number of rotatable bonds is 9. The average Bonchev–Trinajstić information content (AvgIpc) is 3.16. The van der Waals surface area contributed by atoms with E-state index in [0.717, 1.165) is 11.0 Å². The van der Waals surface area contributed by atoms with E-state index in [-0.39, 0.29) is 55.4 Å². The summed E-state index contributed by atoms with van der Waals surface area (Å²) in [5, 5.41) is 14.4. The number of hydrogen-bond acceptors (Lipinski definition) is 8. The van der Waals surface area contributed by atoms with Gasteiger partial charge in [-0.25, -0.2) is 9.69 Å². The molecule has 13 heteroatoms. The van der Waals surface area contributed by atoms with Gasteiger partial charge in [-0.05, 0) is 36.4 Å². The molecule has 11 nitrogen and oxygen atoms in total. The van der Waals surface area contributed by atoms with Crippen LogP contribution < -0.4 is 29.7 Å². The number of ether oxygens (including phenoxy) is 3. The van der Waals surface area contributed by atoms with E-state index < -0.39 is 23.7 Å². The number of benzene rings is 3. The lowest BCUT2D eigenvalue weighted by atomic mass is 10.1. The molecule has 0 atom stereocenters. The van der Waals surface area contributed by atoms with Crippen LogP contribution in [-0.2, 0) is 9.59 Å². The van der Waals surface area contributed by atoms with Crippen LogP contribution in [0, 0.1) is 0 Å². The monoisotopic (exact) mass is 585 g/mol. The Kier molecular flexibility index (Phi) is 8.17. The molecule has 1 aliphatic rings. The highest BCUT2D eigenvalue weighted by atomic mass is 35.5. The molecule has 206 valence electrons. The molecule has 3 aromatic carbocycles. The highest BCUT2D eigenvalue weighted by Gasteiger charge is 2.40. The largest absolute Gasteiger partial charge is 0.497 e. The Balaban J connectivity index is 1.57. The van der Waals surface area contributed by atoms with E-state index in [0.29, 0.717) is 5.75 Å². The van der Waals surface area contributed by atoms with Crippen molar-refractivity contribution in [1.82, 2.24) is 0 Å². The van der Waals surface area contributed by atoms with Crippen LogP contribution in [0.25, 0.3) is 0 Å². The van der Waals surface area contributed by atoms with Crippen LogP contribution in [0.3, 0.4) is 0 Å². The molecule has 0 aromatic heterocycles. The quantitative estimate of drug-likeness (QED) is 0.303. The molecule has 0 bridgehead atoms. The number of nitrogens with one attached hydrogen (secondary N) is 2. The number of aromatic carboxylic acids is 1. The zero-order valence-electron chi connectivity index (χ0n) is 21.2. The van der Waals surface area contributed by atoms with Crippen molar-refractivity contribution in [1.29, 1.82) is 0 Å². The third-order valence-corrected chi connectivity index (χ3v) is 6.48. The van der Waals surface area contributed by atoms with Crippen LogP contribution in [0.5, 0.6) is 17.2 Å². The minimum absolute atomic E-state index is 0.00616. The molecule has 0 saturated carbocycles. The first-order chi connectivity index (χ1) is 19.1. The standard InChI is InChI=1S/C27H21Cl2N3O8/c1-38-15-7-8-19(21(10-15)40-3)32-25(34)22(29)23(26(32)35)30-14-6-4-5-13(9-14)24(33)31-18-12-20(39-2)16(27(36)37)11-17(18)28/h4-12,30H,1-3H3,(H,31,33)(H,36,37). The lowest BCUT2D eigenvalue weighted by Crippen LogP contribution is -2.32. The topological polar surface area (TPSA) is 144 Å². The van der Waals surface area contributed by atoms with Crippen molar-refractivity contribution in [3.05, 3.63) is 81.5 Å². The highest BCUT2D eigenvalue weighted by Crippen LogP contribution is 2.38. The Labute approximate surface area is 237 Å². The van der Waals surface area contributed by atoms with Crippen LogP contribution >= 0.6 is 23.2 Å². The summed E-state index contributed by atoms with van der Waals surface area (Å²) in [4.78, 5) is 51.4. The van der Waals surface area contributed by atoms with Gasteiger partial charge in [-0.2, -0.15) is 0 Å². The van der Waals surface area contributed by atoms with Gasteiger partial charge in [0.1, 0.15) is 33.5 Å². The van der Waals surface area contributed by atoms with Crippen molar-refractivity contribution in [2.75, 3.05) is 36.9 Å². The van der Waals surface area contributed by atoms with E-state index in [9.17, 15) is 24.3 Å². The normalized spacial score (nSPS) is 12.9. The lowest BCUT2D eigenvalue weighted by Gasteiger charge is -2.18. The van der Waals surface area contributed by atoms with Crippen molar-refractivity contribution in [3.8, 4) is 17.2 Å². The van der Waals surface area contributed by atoms with E-state index in [1.54, 1.807) is 18.2 Å². The van der Waals surface area contributed by atoms with E-state index in [1.165, 1.54) is 51.7 Å². The van der Waals surface area contributed by atoms with E-state index in [1.807, 2.05) is 0 Å². The fourth-order valence-electron chi connectivity index (χ4n) is 3.86. The molecule has 1 aliphatic heterocycles. The number of anilines is 3. The number of hydrogen-bond donors (Lipinski definition) is 3. The SMILES string of the molecule is COc1ccc(N2C(=O)C(Cl)=C(Nc3cccc(C(=O)Nc4cc(OC)c(C(=O)O)cc4Cl)c3)C2=O)c(OC)c1. The summed E-state index contributed by atoms with van der Waals surface area (Å²) in [6.45, 7) is 0. The first-order valence-electron chi connectivity index (χ1n) is 11.4. The number of carboxylic acid groups (broad SMARTS) is 1. The maximum atomic E-state index is 13.3. The number of methoxy groups -OCH3 is 3. The Bertz CT molecular complexity index is 1590. The second-order valence-corrected chi connectivity index (χ2v) is 8.96. The predicted octanol–water partition coefficient (Wildman–Crippen LogP) is 4.75. The van der Waals surface area contributed by atoms with E-state index in [4.69, 9.17) is 37.4 Å². The maximum Gasteiger partial charge on any atom is 0.339 e. The second kappa shape index (κ2) is 11.6. The molecule has 0 saturated heterocycles. The number of halogens is 2. The fourth-order valence-corrected chi connectivity index (χ4v) is 4.29. The summed E-state index contributed by atoms with van der Waals surface area (Å²) >= 11 is 12.4. The van der Waals surface area contributed by atoms with Gasteiger partial charge in [-0.1, -0.05) is 29.3 Å². The zero-order valence-corrected chi connectivity index (χ0v) is 22.7. The smallest absolute Gasteiger partial charge is 0.339 e. The van der Waals surface area contributed by atoms with Crippen LogP contribution in [0.2, 0.25) is 5.02 Å². The van der Waals surface area contributed by atoms with Crippen LogP contribution in [0.1, 0.15) is 20.7 Å². The Morgan fingerprint density at radius 1 is 0.875 bits per heavy atom. The first kappa shape index (κ1) is 28.3. The summed E-state index contributed by atoms with van der Waals surface area (Å²) in [6, 6.07) is 13.1. The molecule has 1 heterocycles. The van der Waals surface area contributed by atoms with Gasteiger partial charge in [-0.3, -0.25) is 14.4 Å². The van der Waals surface area contributed by atoms with E-state index in [2.05, 4.69) is 10.6 Å². The minimum atomic E-state index is -1.24. The number of carbonyl (C=O) groups excluding carboxylic acids is 3. The molecule has 0 aliphatic carbocycles. The second-order valence-electron chi connectivity index (χ2n) is 8.17. The van der Waals surface area contributed by atoms with Gasteiger partial charge >= 0.3 is 5.97 Å². The minimum Gasteiger partial charge on any atom is -0.497 e. The number of imide groups is 1. The first-order valence-corrected chi connectivity index (χ1v) is 12.1. The Morgan fingerprint density at radius 2 is 1.60 bits per heavy atom. The van der Waals surface area contributed by atoms with Gasteiger partial charge in [0.25, 0.3) is 17.7 Å². The summed E-state index contributed by atoms with van der Waals surface area (Å²) in [6.07, 6.45) is 0. The Hall–Kier alpha value is -4.74. The maximum absolute atomic E-state index is 13.3. The molecule has 0 radical (unpaired) electrons. The highest BCUT2D eigenvalue weighted by molar-refractivity contribution is 6.53. The van der Waals surface area contributed by atoms with Gasteiger partial charge in [0.2, 0.25) is 0 Å². The number of carbonyl (C=O) groups is 4. The molecule has 0 fully saturated rings. The molecule has 3 amide bonds. The van der Waals surface area contributed by atoms with Crippen molar-refractivity contribution in [3.63, 3.8) is 0 Å². The van der Waals surface area contributed by atoms with Gasteiger partial charge in [0.15, 0.2) is 0 Å². The van der Waals surface area contributed by atoms with Crippen molar-refractivity contribution in [2.24, 2.45) is 0 Å². The third-order valence-electron chi connectivity index (χ3n) is 5.82. The number of amides is 3. The lowest BCUT2D eigenvalue weighted by molar-refractivity contribution is -0.120. The van der Waals surface area contributed by atoms with Crippen molar-refractivity contribution < 1.29 is 38.5 Å². The van der Waals surface area contributed by atoms with Gasteiger partial charge < -0.3 is 30.0 Å². The molecule has 0 unspecified atom stereocenters. The summed E-state index contributed by atoms with van der Waals surface area (Å²) in [7, 11) is 4.14. The molecule has 3 aromatic rings. The molecule has 0 spiro atoms. The Morgan fingerprint density at radius 3 is 2.25 bits per heavy atom. The summed E-state index contributed by atoms with van der Waals surface area (Å²) in [5.41, 5.74) is 0.374. The fraction of sp³-hybridized carbons (Fsp3) is 0.111. The van der Waals surface area contributed by atoms with E-state index >= 15 is 0 Å². The van der Waals surface area contributed by atoms with Gasteiger partial charge in [0.05, 0.1) is 37.7 Å². The van der Waals surface area contributed by atoms with Gasteiger partial charge in [0, 0.05) is 23.4 Å².